The number of carbonyl (C=O) groups excluding carboxylic acids is 1. The smallest absolute Gasteiger partial charge is 0.262 e. The minimum atomic E-state index is -4.07. The highest BCUT2D eigenvalue weighted by Gasteiger charge is 2.18. The quantitative estimate of drug-likeness (QED) is 0.511. The van der Waals surface area contributed by atoms with E-state index in [1.54, 1.807) is 26.4 Å². The van der Waals surface area contributed by atoms with Crippen LogP contribution in [-0.4, -0.2) is 35.1 Å². The molecule has 0 heterocycles. The highest BCUT2D eigenvalue weighted by Crippen LogP contribution is 2.25. The molecule has 1 amide bonds. The standard InChI is InChI=1S/C23H23FN2O5S/c1-30-18-11-10-16(22(15-18)31-2)12-13-25-23(27)17-6-5-7-19(14-17)32(28,29)26-21-9-4-3-8-20(21)24/h3-11,14-15,26H,12-13H2,1-2H3,(H,25,27). The van der Waals surface area contributed by atoms with Crippen molar-refractivity contribution in [1.29, 1.82) is 0 Å². The van der Waals surface area contributed by atoms with E-state index in [2.05, 4.69) is 10.0 Å². The Kier molecular flexibility index (Phi) is 7.32. The average molecular weight is 459 g/mol. The summed E-state index contributed by atoms with van der Waals surface area (Å²) in [5, 5.41) is 2.76. The van der Waals surface area contributed by atoms with E-state index in [0.717, 1.165) is 11.6 Å². The summed E-state index contributed by atoms with van der Waals surface area (Å²) in [5.41, 5.74) is 0.887. The monoisotopic (exact) mass is 458 g/mol. The molecule has 0 aliphatic heterocycles. The van der Waals surface area contributed by atoms with Gasteiger partial charge in [-0.1, -0.05) is 24.3 Å². The Morgan fingerprint density at radius 3 is 2.47 bits per heavy atom. The number of hydrogen-bond donors (Lipinski definition) is 2. The molecule has 2 N–H and O–H groups in total. The van der Waals surface area contributed by atoms with Crippen molar-refractivity contribution < 1.29 is 27.1 Å². The van der Waals surface area contributed by atoms with E-state index in [0.29, 0.717) is 24.5 Å². The van der Waals surface area contributed by atoms with E-state index in [1.165, 1.54) is 42.5 Å². The number of para-hydroxylation sites is 1. The van der Waals surface area contributed by atoms with Crippen molar-refractivity contribution in [2.45, 2.75) is 11.3 Å². The molecule has 0 radical (unpaired) electrons. The molecule has 9 heteroatoms. The normalized spacial score (nSPS) is 11.0. The van der Waals surface area contributed by atoms with Gasteiger partial charge < -0.3 is 14.8 Å². The number of carbonyl (C=O) groups is 1. The fraction of sp³-hybridized carbons (Fsp3) is 0.174. The lowest BCUT2D eigenvalue weighted by Gasteiger charge is -2.12. The van der Waals surface area contributed by atoms with Crippen LogP contribution >= 0.6 is 0 Å². The third kappa shape index (κ3) is 5.55. The SMILES string of the molecule is COc1ccc(CCNC(=O)c2cccc(S(=O)(=O)Nc3ccccc3F)c2)c(OC)c1. The van der Waals surface area contributed by atoms with Gasteiger partial charge in [0.2, 0.25) is 0 Å². The predicted molar refractivity (Wildman–Crippen MR) is 119 cm³/mol. The fourth-order valence-electron chi connectivity index (χ4n) is 3.02. The molecule has 0 saturated heterocycles. The number of anilines is 1. The summed E-state index contributed by atoms with van der Waals surface area (Å²) < 4.78 is 51.8. The van der Waals surface area contributed by atoms with Crippen LogP contribution in [0, 0.1) is 5.82 Å². The maximum absolute atomic E-state index is 13.8. The van der Waals surface area contributed by atoms with Crippen molar-refractivity contribution in [2.75, 3.05) is 25.5 Å². The minimum Gasteiger partial charge on any atom is -0.497 e. The van der Waals surface area contributed by atoms with Gasteiger partial charge in [-0.3, -0.25) is 9.52 Å². The zero-order valence-electron chi connectivity index (χ0n) is 17.6. The molecule has 0 aliphatic carbocycles. The lowest BCUT2D eigenvalue weighted by Crippen LogP contribution is -2.26. The summed E-state index contributed by atoms with van der Waals surface area (Å²) in [4.78, 5) is 12.4. The third-order valence-corrected chi connectivity index (χ3v) is 6.06. The topological polar surface area (TPSA) is 93.7 Å². The molecule has 0 saturated carbocycles. The van der Waals surface area contributed by atoms with Crippen LogP contribution in [0.5, 0.6) is 11.5 Å². The highest BCUT2D eigenvalue weighted by atomic mass is 32.2. The van der Waals surface area contributed by atoms with Crippen molar-refractivity contribution in [3.63, 3.8) is 0 Å². The minimum absolute atomic E-state index is 0.148. The summed E-state index contributed by atoms with van der Waals surface area (Å²) >= 11 is 0. The number of amides is 1. The summed E-state index contributed by atoms with van der Waals surface area (Å²) in [7, 11) is -0.951. The van der Waals surface area contributed by atoms with Crippen molar-refractivity contribution in [3.05, 3.63) is 83.7 Å². The second-order valence-electron chi connectivity index (χ2n) is 6.80. The largest absolute Gasteiger partial charge is 0.497 e. The molecule has 0 atom stereocenters. The number of methoxy groups -OCH3 is 2. The van der Waals surface area contributed by atoms with Gasteiger partial charge >= 0.3 is 0 Å². The fourth-order valence-corrected chi connectivity index (χ4v) is 4.14. The van der Waals surface area contributed by atoms with Crippen LogP contribution < -0.4 is 19.5 Å². The molecule has 0 fully saturated rings. The molecule has 3 aromatic carbocycles. The summed E-state index contributed by atoms with van der Waals surface area (Å²) in [5.74, 6) is 0.182. The molecular weight excluding hydrogens is 435 g/mol. The molecular formula is C23H23FN2O5S. The van der Waals surface area contributed by atoms with E-state index >= 15 is 0 Å². The number of hydrogen-bond acceptors (Lipinski definition) is 5. The Labute approximate surface area is 186 Å². The molecule has 0 aromatic heterocycles. The summed E-state index contributed by atoms with van der Waals surface area (Å²) in [6.45, 7) is 0.311. The lowest BCUT2D eigenvalue weighted by molar-refractivity contribution is 0.0954. The Hall–Kier alpha value is -3.59. The van der Waals surface area contributed by atoms with Gasteiger partial charge in [0.05, 0.1) is 24.8 Å². The highest BCUT2D eigenvalue weighted by molar-refractivity contribution is 7.92. The first-order valence-corrected chi connectivity index (χ1v) is 11.2. The number of halogens is 1. The Balaban J connectivity index is 1.67. The van der Waals surface area contributed by atoms with Crippen LogP contribution in [0.3, 0.4) is 0 Å². The molecule has 7 nitrogen and oxygen atoms in total. The number of ether oxygens (including phenoxy) is 2. The molecule has 0 aliphatic rings. The average Bonchev–Trinajstić information content (AvgIpc) is 2.80. The predicted octanol–water partition coefficient (Wildman–Crippen LogP) is 3.62. The van der Waals surface area contributed by atoms with Crippen molar-refractivity contribution in [2.24, 2.45) is 0 Å². The summed E-state index contributed by atoms with van der Waals surface area (Å²) in [6.07, 6.45) is 0.506. The molecule has 3 rings (SSSR count). The van der Waals surface area contributed by atoms with Crippen LogP contribution in [0.2, 0.25) is 0 Å². The van der Waals surface area contributed by atoms with Crippen LogP contribution in [0.1, 0.15) is 15.9 Å². The zero-order chi connectivity index (χ0) is 23.1. The van der Waals surface area contributed by atoms with Crippen LogP contribution in [0.25, 0.3) is 0 Å². The summed E-state index contributed by atoms with van der Waals surface area (Å²) in [6, 6.07) is 16.4. The number of nitrogens with one attached hydrogen (secondary N) is 2. The second kappa shape index (κ2) is 10.1. The molecule has 3 aromatic rings. The van der Waals surface area contributed by atoms with Gasteiger partial charge in [0.25, 0.3) is 15.9 Å². The van der Waals surface area contributed by atoms with E-state index < -0.39 is 21.7 Å². The van der Waals surface area contributed by atoms with Crippen LogP contribution in [0.4, 0.5) is 10.1 Å². The van der Waals surface area contributed by atoms with Crippen molar-refractivity contribution in [1.82, 2.24) is 5.32 Å². The van der Waals surface area contributed by atoms with Gasteiger partial charge in [-0.2, -0.15) is 0 Å². The van der Waals surface area contributed by atoms with Gasteiger partial charge in [-0.15, -0.1) is 0 Å². The van der Waals surface area contributed by atoms with Gasteiger partial charge in [0, 0.05) is 18.2 Å². The number of sulfonamides is 1. The molecule has 32 heavy (non-hydrogen) atoms. The molecule has 0 unspecified atom stereocenters. The van der Waals surface area contributed by atoms with E-state index in [-0.39, 0.29) is 16.1 Å². The van der Waals surface area contributed by atoms with E-state index in [1.807, 2.05) is 6.07 Å². The zero-order valence-corrected chi connectivity index (χ0v) is 18.4. The van der Waals surface area contributed by atoms with Crippen molar-refractivity contribution >= 4 is 21.6 Å². The first kappa shape index (κ1) is 23.1. The molecule has 0 spiro atoms. The van der Waals surface area contributed by atoms with Gasteiger partial charge in [-0.05, 0) is 48.4 Å². The Morgan fingerprint density at radius 1 is 0.969 bits per heavy atom. The van der Waals surface area contributed by atoms with Crippen molar-refractivity contribution in [3.8, 4) is 11.5 Å². The van der Waals surface area contributed by atoms with E-state index in [9.17, 15) is 17.6 Å². The number of rotatable bonds is 9. The van der Waals surface area contributed by atoms with Crippen LogP contribution in [-0.2, 0) is 16.4 Å². The first-order valence-electron chi connectivity index (χ1n) is 9.70. The van der Waals surface area contributed by atoms with Gasteiger partial charge in [-0.25, -0.2) is 12.8 Å². The number of benzene rings is 3. The Morgan fingerprint density at radius 2 is 1.75 bits per heavy atom. The van der Waals surface area contributed by atoms with Gasteiger partial charge in [0.15, 0.2) is 0 Å². The third-order valence-electron chi connectivity index (χ3n) is 4.70. The molecule has 168 valence electrons. The maximum Gasteiger partial charge on any atom is 0.262 e. The first-order chi connectivity index (χ1) is 15.3. The lowest BCUT2D eigenvalue weighted by atomic mass is 10.1. The molecule has 0 bridgehead atoms. The van der Waals surface area contributed by atoms with Gasteiger partial charge in [0.1, 0.15) is 17.3 Å². The van der Waals surface area contributed by atoms with E-state index in [4.69, 9.17) is 9.47 Å². The Bertz CT molecular complexity index is 1210. The second-order valence-corrected chi connectivity index (χ2v) is 8.48. The maximum atomic E-state index is 13.8. The van der Waals surface area contributed by atoms with Crippen LogP contribution in [0.15, 0.2) is 71.6 Å².